The van der Waals surface area contributed by atoms with Gasteiger partial charge in [-0.05, 0) is 99.2 Å². The summed E-state index contributed by atoms with van der Waals surface area (Å²) in [5.41, 5.74) is 4.67. The fourth-order valence-corrected chi connectivity index (χ4v) is 3.96. The van der Waals surface area contributed by atoms with Crippen LogP contribution in [0.5, 0.6) is 0 Å². The van der Waals surface area contributed by atoms with Gasteiger partial charge >= 0.3 is 12.2 Å². The maximum Gasteiger partial charge on any atom is 0.407 e. The van der Waals surface area contributed by atoms with Crippen LogP contribution < -0.4 is 21.7 Å². The normalized spacial score (nSPS) is 11.2. The molecule has 0 atom stereocenters. The lowest BCUT2D eigenvalue weighted by Crippen LogP contribution is -2.33. The van der Waals surface area contributed by atoms with E-state index in [4.69, 9.17) is 31.3 Å². The highest BCUT2D eigenvalue weighted by molar-refractivity contribution is 6.33. The molecule has 0 aliphatic carbocycles. The van der Waals surface area contributed by atoms with E-state index >= 15 is 0 Å². The number of amides is 3. The van der Waals surface area contributed by atoms with Crippen molar-refractivity contribution in [1.29, 1.82) is 0 Å². The fraction of sp³-hybridized carbons (Fsp3) is 0.613. The summed E-state index contributed by atoms with van der Waals surface area (Å²) in [5, 5.41) is 12.1. The van der Waals surface area contributed by atoms with Gasteiger partial charge in [0.2, 0.25) is 0 Å². The van der Waals surface area contributed by atoms with E-state index in [1.807, 2.05) is 20.8 Å². The Morgan fingerprint density at radius 3 is 1.84 bits per heavy atom. The SMILES string of the molecule is CC(C)(C)OC(=O)NCCCCCN.Cc1onc(-c2c(F)cccc2Cl)c1C(=O)NCCCCCNC(=O)OC(C)(C)C. The minimum absolute atomic E-state index is 0.0365. The number of unbranched alkanes of at least 4 members (excludes halogenated alkanes) is 4. The fourth-order valence-electron chi connectivity index (χ4n) is 3.71. The van der Waals surface area contributed by atoms with Crippen molar-refractivity contribution in [3.63, 3.8) is 0 Å². The number of hydrogen-bond donors (Lipinski definition) is 4. The first kappa shape index (κ1) is 38.6. The van der Waals surface area contributed by atoms with Crippen molar-refractivity contribution in [2.45, 2.75) is 98.2 Å². The van der Waals surface area contributed by atoms with E-state index in [0.29, 0.717) is 32.6 Å². The van der Waals surface area contributed by atoms with Crippen molar-refractivity contribution in [1.82, 2.24) is 21.1 Å². The Morgan fingerprint density at radius 1 is 0.864 bits per heavy atom. The Balaban J connectivity index is 0.000000582. The Bertz CT molecular complexity index is 1170. The average molecular weight is 642 g/mol. The van der Waals surface area contributed by atoms with Gasteiger partial charge in [0.1, 0.15) is 34.0 Å². The molecule has 0 aliphatic heterocycles. The highest BCUT2D eigenvalue weighted by Crippen LogP contribution is 2.33. The zero-order valence-electron chi connectivity index (χ0n) is 27.0. The highest BCUT2D eigenvalue weighted by atomic mass is 35.5. The number of nitrogens with two attached hydrogens (primary N) is 1. The van der Waals surface area contributed by atoms with E-state index in [1.165, 1.54) is 18.2 Å². The zero-order valence-corrected chi connectivity index (χ0v) is 27.8. The molecule has 1 aromatic heterocycles. The molecule has 0 unspecified atom stereocenters. The Morgan fingerprint density at radius 2 is 1.36 bits per heavy atom. The van der Waals surface area contributed by atoms with Gasteiger partial charge in [-0.25, -0.2) is 14.0 Å². The van der Waals surface area contributed by atoms with Gasteiger partial charge in [-0.1, -0.05) is 29.2 Å². The molecule has 1 heterocycles. The third-order valence-electron chi connectivity index (χ3n) is 5.65. The molecule has 2 aromatic rings. The molecule has 0 aliphatic rings. The van der Waals surface area contributed by atoms with Crippen LogP contribution in [0.4, 0.5) is 14.0 Å². The summed E-state index contributed by atoms with van der Waals surface area (Å²) in [7, 11) is 0. The number of nitrogens with zero attached hydrogens (tertiary/aromatic N) is 1. The number of aromatic nitrogens is 1. The zero-order chi connectivity index (χ0) is 33.3. The van der Waals surface area contributed by atoms with Crippen LogP contribution >= 0.6 is 11.6 Å². The second kappa shape index (κ2) is 19.1. The maximum atomic E-state index is 14.2. The van der Waals surface area contributed by atoms with Gasteiger partial charge in [-0.2, -0.15) is 0 Å². The lowest BCUT2D eigenvalue weighted by Gasteiger charge is -2.19. The van der Waals surface area contributed by atoms with Gasteiger partial charge in [-0.15, -0.1) is 0 Å². The summed E-state index contributed by atoms with van der Waals surface area (Å²) in [5.74, 6) is -0.708. The molecule has 248 valence electrons. The molecule has 0 fully saturated rings. The van der Waals surface area contributed by atoms with E-state index < -0.39 is 29.0 Å². The maximum absolute atomic E-state index is 14.2. The van der Waals surface area contributed by atoms with E-state index in [0.717, 1.165) is 32.1 Å². The summed E-state index contributed by atoms with van der Waals surface area (Å²) in [6, 6.07) is 4.25. The van der Waals surface area contributed by atoms with Crippen molar-refractivity contribution >= 4 is 29.7 Å². The van der Waals surface area contributed by atoms with Gasteiger partial charge in [0, 0.05) is 19.6 Å². The van der Waals surface area contributed by atoms with Crippen LogP contribution in [-0.2, 0) is 9.47 Å². The molecule has 44 heavy (non-hydrogen) atoms. The molecule has 0 saturated heterocycles. The summed E-state index contributed by atoms with van der Waals surface area (Å²) in [4.78, 5) is 35.3. The second-order valence-corrected chi connectivity index (χ2v) is 12.5. The van der Waals surface area contributed by atoms with Crippen molar-refractivity contribution < 1.29 is 32.8 Å². The van der Waals surface area contributed by atoms with Crippen LogP contribution in [0.1, 0.15) is 96.2 Å². The highest BCUT2D eigenvalue weighted by Gasteiger charge is 2.25. The quantitative estimate of drug-likeness (QED) is 0.180. The number of ether oxygens (including phenoxy) is 2. The minimum atomic E-state index is -0.581. The molecular weight excluding hydrogens is 593 g/mol. The number of carbonyl (C=O) groups is 3. The lowest BCUT2D eigenvalue weighted by atomic mass is 10.0. The van der Waals surface area contributed by atoms with Gasteiger partial charge in [-0.3, -0.25) is 4.79 Å². The largest absolute Gasteiger partial charge is 0.444 e. The molecule has 0 spiro atoms. The summed E-state index contributed by atoms with van der Waals surface area (Å²) < 4.78 is 29.6. The predicted octanol–water partition coefficient (Wildman–Crippen LogP) is 6.51. The number of halogens is 2. The Hall–Kier alpha value is -3.38. The van der Waals surface area contributed by atoms with Crippen molar-refractivity contribution in [3.05, 3.63) is 40.4 Å². The van der Waals surface area contributed by atoms with Gasteiger partial charge in [0.25, 0.3) is 5.91 Å². The molecule has 11 nitrogen and oxygen atoms in total. The minimum Gasteiger partial charge on any atom is -0.444 e. The standard InChI is InChI=1S/C21H27ClFN3O4.C10H22N2O2/c1-13-16(18(26-30-13)17-14(22)9-8-10-15(17)23)19(27)24-11-6-5-7-12-25-20(28)29-21(2,3)4;1-10(2,3)14-9(13)12-8-6-4-5-7-11/h8-10H,5-7,11-12H2,1-4H3,(H,24,27)(H,25,28);4-8,11H2,1-3H3,(H,12,13). The first-order valence-electron chi connectivity index (χ1n) is 14.9. The molecular formula is C31H49ClFN5O6. The molecule has 3 amide bonds. The van der Waals surface area contributed by atoms with Gasteiger partial charge < -0.3 is 35.7 Å². The first-order chi connectivity index (χ1) is 20.6. The van der Waals surface area contributed by atoms with Crippen LogP contribution in [0.2, 0.25) is 5.02 Å². The van der Waals surface area contributed by atoms with Crippen LogP contribution in [0.3, 0.4) is 0 Å². The Labute approximate surface area is 265 Å². The van der Waals surface area contributed by atoms with Crippen LogP contribution in [-0.4, -0.2) is 60.6 Å². The molecule has 0 bridgehead atoms. The summed E-state index contributed by atoms with van der Waals surface area (Å²) in [6.07, 6.45) is 4.48. The number of aryl methyl sites for hydroxylation is 1. The van der Waals surface area contributed by atoms with Gasteiger partial charge in [0.15, 0.2) is 0 Å². The molecule has 2 rings (SSSR count). The number of hydrogen-bond acceptors (Lipinski definition) is 8. The third kappa shape index (κ3) is 15.9. The molecule has 13 heteroatoms. The van der Waals surface area contributed by atoms with Gasteiger partial charge in [0.05, 0.1) is 10.6 Å². The molecule has 0 radical (unpaired) electrons. The van der Waals surface area contributed by atoms with Crippen LogP contribution in [0.15, 0.2) is 22.7 Å². The molecule has 1 aromatic carbocycles. The second-order valence-electron chi connectivity index (χ2n) is 12.1. The molecule has 0 saturated carbocycles. The predicted molar refractivity (Wildman–Crippen MR) is 169 cm³/mol. The van der Waals surface area contributed by atoms with E-state index in [2.05, 4.69) is 21.1 Å². The number of benzene rings is 1. The van der Waals surface area contributed by atoms with Crippen LogP contribution in [0, 0.1) is 12.7 Å². The monoisotopic (exact) mass is 641 g/mol. The number of rotatable bonds is 13. The lowest BCUT2D eigenvalue weighted by molar-refractivity contribution is 0.0515. The van der Waals surface area contributed by atoms with E-state index in [9.17, 15) is 18.8 Å². The van der Waals surface area contributed by atoms with E-state index in [-0.39, 0.29) is 33.7 Å². The Kier molecular flexibility index (Phi) is 16.8. The summed E-state index contributed by atoms with van der Waals surface area (Å²) in [6.45, 7) is 14.8. The molecule has 5 N–H and O–H groups in total. The third-order valence-corrected chi connectivity index (χ3v) is 5.96. The number of carbonyl (C=O) groups excluding carboxylic acids is 3. The average Bonchev–Trinajstić information content (AvgIpc) is 3.27. The van der Waals surface area contributed by atoms with Crippen molar-refractivity contribution in [2.24, 2.45) is 5.73 Å². The van der Waals surface area contributed by atoms with Crippen molar-refractivity contribution in [3.8, 4) is 11.3 Å². The summed E-state index contributed by atoms with van der Waals surface area (Å²) >= 11 is 6.09. The van der Waals surface area contributed by atoms with Crippen molar-refractivity contribution in [2.75, 3.05) is 26.2 Å². The number of nitrogens with one attached hydrogen (secondary N) is 3. The topological polar surface area (TPSA) is 158 Å². The van der Waals surface area contributed by atoms with E-state index in [1.54, 1.807) is 27.7 Å². The number of alkyl carbamates (subject to hydrolysis) is 2. The smallest absolute Gasteiger partial charge is 0.407 e. The first-order valence-corrected chi connectivity index (χ1v) is 15.3. The van der Waals surface area contributed by atoms with Crippen LogP contribution in [0.25, 0.3) is 11.3 Å².